The van der Waals surface area contributed by atoms with Gasteiger partial charge >= 0.3 is 0 Å². The Morgan fingerprint density at radius 2 is 2.00 bits per heavy atom. The van der Waals surface area contributed by atoms with Gasteiger partial charge in [0.1, 0.15) is 5.82 Å². The zero-order valence-electron chi connectivity index (χ0n) is 16.8. The van der Waals surface area contributed by atoms with E-state index >= 15 is 0 Å². The molecule has 6 heteroatoms. The number of rotatable bonds is 7. The predicted molar refractivity (Wildman–Crippen MR) is 114 cm³/mol. The molecule has 0 bridgehead atoms. The Kier molecular flexibility index (Phi) is 6.42. The summed E-state index contributed by atoms with van der Waals surface area (Å²) in [7, 11) is 0. The maximum absolute atomic E-state index is 12.5. The van der Waals surface area contributed by atoms with Gasteiger partial charge in [-0.3, -0.25) is 9.69 Å². The summed E-state index contributed by atoms with van der Waals surface area (Å²) < 4.78 is 0. The molecule has 1 aromatic heterocycles. The number of anilines is 1. The highest BCUT2D eigenvalue weighted by molar-refractivity contribution is 5.94. The smallest absolute Gasteiger partial charge is 0.251 e. The maximum atomic E-state index is 12.5. The first-order valence-corrected chi connectivity index (χ1v) is 10.7. The molecule has 6 nitrogen and oxygen atoms in total. The molecule has 1 amide bonds. The maximum Gasteiger partial charge on any atom is 0.251 e. The average Bonchev–Trinajstić information content (AvgIpc) is 3.25. The highest BCUT2D eigenvalue weighted by atomic mass is 16.3. The van der Waals surface area contributed by atoms with Crippen molar-refractivity contribution in [3.05, 3.63) is 59.3 Å². The quantitative estimate of drug-likeness (QED) is 0.673. The van der Waals surface area contributed by atoms with Crippen molar-refractivity contribution in [3.63, 3.8) is 0 Å². The lowest BCUT2D eigenvalue weighted by molar-refractivity contribution is 0.0842. The summed E-state index contributed by atoms with van der Waals surface area (Å²) in [6, 6.07) is 12.4. The van der Waals surface area contributed by atoms with Crippen LogP contribution in [0.2, 0.25) is 0 Å². The molecule has 0 spiro atoms. The van der Waals surface area contributed by atoms with E-state index in [4.69, 9.17) is 0 Å². The Morgan fingerprint density at radius 3 is 2.83 bits per heavy atom. The summed E-state index contributed by atoms with van der Waals surface area (Å²) in [5.74, 6) is 0.571. The van der Waals surface area contributed by atoms with Crippen LogP contribution in [0.15, 0.2) is 42.6 Å². The third-order valence-corrected chi connectivity index (χ3v) is 5.91. The fraction of sp³-hybridized carbons (Fsp3) is 0.478. The highest BCUT2D eigenvalue weighted by Crippen LogP contribution is 2.22. The molecule has 1 aromatic carbocycles. The number of aliphatic hydroxyl groups is 1. The lowest BCUT2D eigenvalue weighted by Crippen LogP contribution is -2.42. The van der Waals surface area contributed by atoms with Gasteiger partial charge in [-0.25, -0.2) is 4.98 Å². The Labute approximate surface area is 172 Å². The van der Waals surface area contributed by atoms with E-state index in [2.05, 4.69) is 44.8 Å². The zero-order valence-corrected chi connectivity index (χ0v) is 16.8. The first kappa shape index (κ1) is 19.9. The molecule has 154 valence electrons. The fourth-order valence-electron chi connectivity index (χ4n) is 4.32. The van der Waals surface area contributed by atoms with E-state index in [9.17, 15) is 9.90 Å². The molecule has 29 heavy (non-hydrogen) atoms. The SMILES string of the molecule is O=C(NCC(O)CN1CCc2ccccc2C1)c1ccnc(NC2CCCC2)c1. The van der Waals surface area contributed by atoms with Gasteiger partial charge in [-0.2, -0.15) is 0 Å². The van der Waals surface area contributed by atoms with Gasteiger partial charge in [-0.1, -0.05) is 37.1 Å². The second-order valence-electron chi connectivity index (χ2n) is 8.17. The van der Waals surface area contributed by atoms with E-state index in [-0.39, 0.29) is 12.5 Å². The van der Waals surface area contributed by atoms with Gasteiger partial charge in [0.15, 0.2) is 0 Å². The van der Waals surface area contributed by atoms with Crippen LogP contribution in [0.5, 0.6) is 0 Å². The minimum Gasteiger partial charge on any atom is -0.390 e. The Hall–Kier alpha value is -2.44. The van der Waals surface area contributed by atoms with E-state index in [1.807, 2.05) is 0 Å². The molecule has 4 rings (SSSR count). The van der Waals surface area contributed by atoms with Gasteiger partial charge in [0.2, 0.25) is 0 Å². The molecule has 1 aliphatic heterocycles. The number of benzene rings is 1. The number of pyridine rings is 1. The summed E-state index contributed by atoms with van der Waals surface area (Å²) >= 11 is 0. The van der Waals surface area contributed by atoms with Crippen LogP contribution in [0, 0.1) is 0 Å². The van der Waals surface area contributed by atoms with Gasteiger partial charge in [0.05, 0.1) is 6.10 Å². The van der Waals surface area contributed by atoms with Crippen LogP contribution in [0.4, 0.5) is 5.82 Å². The van der Waals surface area contributed by atoms with Crippen LogP contribution in [0.1, 0.15) is 47.2 Å². The van der Waals surface area contributed by atoms with Crippen molar-refractivity contribution in [1.82, 2.24) is 15.2 Å². The molecule has 2 aliphatic rings. The standard InChI is InChI=1S/C23H30N4O2/c28-21(16-27-12-10-17-5-1-2-6-19(17)15-27)14-25-23(29)18-9-11-24-22(13-18)26-20-7-3-4-8-20/h1-2,5-6,9,11,13,20-21,28H,3-4,7-8,10,12,14-16H2,(H,24,26)(H,25,29). The second kappa shape index (κ2) is 9.37. The van der Waals surface area contributed by atoms with Gasteiger partial charge < -0.3 is 15.7 Å². The molecular formula is C23H30N4O2. The van der Waals surface area contributed by atoms with Gasteiger partial charge in [0, 0.05) is 44.0 Å². The third kappa shape index (κ3) is 5.34. The van der Waals surface area contributed by atoms with Crippen molar-refractivity contribution in [2.45, 2.75) is 50.8 Å². The van der Waals surface area contributed by atoms with Crippen molar-refractivity contribution >= 4 is 11.7 Å². The molecule has 1 saturated carbocycles. The molecule has 2 aromatic rings. The topological polar surface area (TPSA) is 77.5 Å². The number of hydrogen-bond donors (Lipinski definition) is 3. The Morgan fingerprint density at radius 1 is 1.21 bits per heavy atom. The first-order chi connectivity index (χ1) is 14.2. The van der Waals surface area contributed by atoms with Crippen molar-refractivity contribution < 1.29 is 9.90 Å². The van der Waals surface area contributed by atoms with Crippen molar-refractivity contribution in [2.24, 2.45) is 0 Å². The Bertz CT molecular complexity index is 835. The van der Waals surface area contributed by atoms with Crippen molar-refractivity contribution in [1.29, 1.82) is 0 Å². The minimum atomic E-state index is -0.595. The number of amides is 1. The van der Waals surface area contributed by atoms with E-state index in [1.165, 1.54) is 24.0 Å². The first-order valence-electron chi connectivity index (χ1n) is 10.7. The van der Waals surface area contributed by atoms with Crippen LogP contribution in [-0.2, 0) is 13.0 Å². The minimum absolute atomic E-state index is 0.176. The van der Waals surface area contributed by atoms with E-state index < -0.39 is 6.10 Å². The summed E-state index contributed by atoms with van der Waals surface area (Å²) in [5, 5.41) is 16.7. The van der Waals surface area contributed by atoms with E-state index in [0.29, 0.717) is 18.2 Å². The largest absolute Gasteiger partial charge is 0.390 e. The number of aliphatic hydroxyl groups excluding tert-OH is 1. The number of carbonyl (C=O) groups excluding carboxylic acids is 1. The molecular weight excluding hydrogens is 364 g/mol. The van der Waals surface area contributed by atoms with Crippen LogP contribution in [0.3, 0.4) is 0 Å². The molecule has 1 fully saturated rings. The number of fused-ring (bicyclic) bond motifs is 1. The number of nitrogens with zero attached hydrogens (tertiary/aromatic N) is 2. The van der Waals surface area contributed by atoms with Gasteiger partial charge in [-0.05, 0) is 42.5 Å². The summed E-state index contributed by atoms with van der Waals surface area (Å²) in [4.78, 5) is 19.1. The summed E-state index contributed by atoms with van der Waals surface area (Å²) in [6.07, 6.45) is 6.88. The molecule has 1 unspecified atom stereocenters. The van der Waals surface area contributed by atoms with Crippen LogP contribution in [-0.4, -0.2) is 52.7 Å². The van der Waals surface area contributed by atoms with Gasteiger partial charge in [0.25, 0.3) is 5.91 Å². The zero-order chi connectivity index (χ0) is 20.1. The van der Waals surface area contributed by atoms with Crippen LogP contribution < -0.4 is 10.6 Å². The van der Waals surface area contributed by atoms with Gasteiger partial charge in [-0.15, -0.1) is 0 Å². The molecule has 3 N–H and O–H groups in total. The molecule has 2 heterocycles. The highest BCUT2D eigenvalue weighted by Gasteiger charge is 2.19. The normalized spacial score (nSPS) is 18.2. The second-order valence-corrected chi connectivity index (χ2v) is 8.17. The molecule has 0 saturated heterocycles. The number of hydrogen-bond acceptors (Lipinski definition) is 5. The average molecular weight is 395 g/mol. The van der Waals surface area contributed by atoms with E-state index in [1.54, 1.807) is 18.3 Å². The van der Waals surface area contributed by atoms with E-state index in [0.717, 1.165) is 38.2 Å². The van der Waals surface area contributed by atoms with Crippen LogP contribution in [0.25, 0.3) is 0 Å². The summed E-state index contributed by atoms with van der Waals surface area (Å²) in [5.41, 5.74) is 3.29. The van der Waals surface area contributed by atoms with Crippen LogP contribution >= 0.6 is 0 Å². The number of β-amino-alcohol motifs (C(OH)–C–C–N with tert-alkyl or cyclic N) is 1. The molecule has 0 radical (unpaired) electrons. The number of aromatic nitrogens is 1. The molecule has 1 aliphatic carbocycles. The predicted octanol–water partition coefficient (Wildman–Crippen LogP) is 2.59. The monoisotopic (exact) mass is 394 g/mol. The molecule has 1 atom stereocenters. The Balaban J connectivity index is 1.25. The third-order valence-electron chi connectivity index (χ3n) is 5.91. The lowest BCUT2D eigenvalue weighted by atomic mass is 10.00. The van der Waals surface area contributed by atoms with Crippen molar-refractivity contribution in [3.8, 4) is 0 Å². The fourth-order valence-corrected chi connectivity index (χ4v) is 4.32. The lowest BCUT2D eigenvalue weighted by Gasteiger charge is -2.30. The number of nitrogens with one attached hydrogen (secondary N) is 2. The number of carbonyl (C=O) groups is 1. The summed E-state index contributed by atoms with van der Waals surface area (Å²) in [6.45, 7) is 2.58. The van der Waals surface area contributed by atoms with Crippen molar-refractivity contribution in [2.75, 3.05) is 25.0 Å².